The number of carboxylic acids is 1. The second kappa shape index (κ2) is 18.6. The molecule has 1 aromatic carbocycles. The lowest BCUT2D eigenvalue weighted by Crippen LogP contribution is -2.52. The molecule has 0 heterocycles. The van der Waals surface area contributed by atoms with Gasteiger partial charge in [-0.1, -0.05) is 30.3 Å². The Hall–Kier alpha value is -4.57. The third-order valence-corrected chi connectivity index (χ3v) is 4.67. The molecule has 1 rings (SSSR count). The number of carbonyl (C=O) groups excluding carboxylic acids is 6. The molecule has 0 spiro atoms. The van der Waals surface area contributed by atoms with E-state index in [2.05, 4.69) is 31.9 Å². The second-order valence-electron chi connectivity index (χ2n) is 7.96. The van der Waals surface area contributed by atoms with E-state index in [-0.39, 0.29) is 39.3 Å². The zero-order valence-corrected chi connectivity index (χ0v) is 21.1. The molecule has 16 nitrogen and oxygen atoms in total. The Balaban J connectivity index is 2.50. The van der Waals surface area contributed by atoms with Crippen LogP contribution in [0.1, 0.15) is 12.0 Å². The average Bonchev–Trinajstić information content (AvgIpc) is 2.89. The number of carboxylic acid groups (broad SMARTS) is 1. The fraction of sp³-hybridized carbons (Fsp3) is 0.435. The monoisotopic (exact) mass is 551 g/mol. The summed E-state index contributed by atoms with van der Waals surface area (Å²) < 4.78 is 4.80. The van der Waals surface area contributed by atoms with E-state index in [4.69, 9.17) is 15.6 Å². The number of rotatable bonds is 19. The highest BCUT2D eigenvalue weighted by Gasteiger charge is 2.22. The van der Waals surface area contributed by atoms with Crippen LogP contribution < -0.4 is 37.6 Å². The normalized spacial score (nSPS) is 11.0. The van der Waals surface area contributed by atoms with Crippen LogP contribution in [0, 0.1) is 0 Å². The SMILES string of the molecule is NC(=O)COCNC(=O)CNC(=O)C(Cc1ccccc1)NC(=O)CNC(=O)CNC(=O)CCNCC(=O)O. The van der Waals surface area contributed by atoms with Gasteiger partial charge in [-0.25, -0.2) is 0 Å². The number of ether oxygens (including phenoxy) is 1. The van der Waals surface area contributed by atoms with E-state index >= 15 is 0 Å². The largest absolute Gasteiger partial charge is 0.480 e. The first-order valence-corrected chi connectivity index (χ1v) is 11.8. The molecule has 0 saturated heterocycles. The molecule has 1 aromatic rings. The molecule has 0 aromatic heterocycles. The molecule has 0 aliphatic heterocycles. The first kappa shape index (κ1) is 32.5. The lowest BCUT2D eigenvalue weighted by molar-refractivity contribution is -0.136. The van der Waals surface area contributed by atoms with Gasteiger partial charge in [-0.2, -0.15) is 0 Å². The van der Waals surface area contributed by atoms with Crippen LogP contribution in [0.15, 0.2) is 30.3 Å². The highest BCUT2D eigenvalue weighted by molar-refractivity contribution is 5.92. The Morgan fingerprint density at radius 3 is 2.08 bits per heavy atom. The van der Waals surface area contributed by atoms with E-state index in [1.807, 2.05) is 0 Å². The van der Waals surface area contributed by atoms with E-state index < -0.39 is 67.1 Å². The van der Waals surface area contributed by atoms with Crippen molar-refractivity contribution in [3.05, 3.63) is 35.9 Å². The summed E-state index contributed by atoms with van der Waals surface area (Å²) in [5.74, 6) is -4.87. The molecule has 0 fully saturated rings. The molecule has 0 radical (unpaired) electrons. The van der Waals surface area contributed by atoms with Crippen molar-refractivity contribution in [2.75, 3.05) is 46.1 Å². The number of hydrogen-bond donors (Lipinski definition) is 8. The standard InChI is InChI=1S/C23H33N7O9/c24-17(31)13-39-14-29-20(34)10-28-23(38)16(8-15-4-2-1-3-5-15)30-21(35)11-27-19(33)9-26-18(32)6-7-25-12-22(36)37/h1-5,16,25H,6-14H2,(H2,24,31)(H,26,32)(H,27,33)(H,28,38)(H,29,34)(H,30,35)(H,36,37). The first-order chi connectivity index (χ1) is 18.6. The molecule has 9 N–H and O–H groups in total. The van der Waals surface area contributed by atoms with Crippen LogP contribution in [-0.4, -0.2) is 98.6 Å². The number of nitrogens with one attached hydrogen (secondary N) is 6. The summed E-state index contributed by atoms with van der Waals surface area (Å²) in [4.78, 5) is 81.6. The molecule has 0 saturated carbocycles. The second-order valence-corrected chi connectivity index (χ2v) is 7.96. The molecule has 1 atom stereocenters. The summed E-state index contributed by atoms with van der Waals surface area (Å²) in [6.45, 7) is -2.18. The molecule has 6 amide bonds. The van der Waals surface area contributed by atoms with E-state index in [1.165, 1.54) is 0 Å². The highest BCUT2D eigenvalue weighted by Crippen LogP contribution is 2.03. The topological polar surface area (TPSA) is 247 Å². The van der Waals surface area contributed by atoms with Gasteiger partial charge < -0.3 is 47.5 Å². The Morgan fingerprint density at radius 2 is 1.41 bits per heavy atom. The molecule has 214 valence electrons. The maximum atomic E-state index is 12.7. The van der Waals surface area contributed by atoms with E-state index in [0.717, 1.165) is 5.56 Å². The van der Waals surface area contributed by atoms with E-state index in [0.29, 0.717) is 0 Å². The third kappa shape index (κ3) is 16.7. The molecule has 0 bridgehead atoms. The summed E-state index contributed by atoms with van der Waals surface area (Å²) in [6.07, 6.45) is 0.0530. The molecule has 1 unspecified atom stereocenters. The van der Waals surface area contributed by atoms with Crippen molar-refractivity contribution < 1.29 is 43.4 Å². The number of benzene rings is 1. The zero-order valence-electron chi connectivity index (χ0n) is 21.1. The maximum absolute atomic E-state index is 12.7. The van der Waals surface area contributed by atoms with Crippen LogP contribution in [-0.2, 0) is 44.7 Å². The predicted octanol–water partition coefficient (Wildman–Crippen LogP) is -4.30. The Kier molecular flexibility index (Phi) is 15.5. The van der Waals surface area contributed by atoms with Gasteiger partial charge in [-0.15, -0.1) is 0 Å². The van der Waals surface area contributed by atoms with Crippen molar-refractivity contribution in [3.8, 4) is 0 Å². The summed E-state index contributed by atoms with van der Waals surface area (Å²) in [5, 5.41) is 22.9. The fourth-order valence-electron chi connectivity index (χ4n) is 2.85. The van der Waals surface area contributed by atoms with Crippen LogP contribution in [0.4, 0.5) is 0 Å². The van der Waals surface area contributed by atoms with E-state index in [1.54, 1.807) is 30.3 Å². The van der Waals surface area contributed by atoms with Gasteiger partial charge >= 0.3 is 5.97 Å². The van der Waals surface area contributed by atoms with Crippen molar-refractivity contribution in [2.45, 2.75) is 18.9 Å². The molecular formula is C23H33N7O9. The zero-order chi connectivity index (χ0) is 29.0. The van der Waals surface area contributed by atoms with Gasteiger partial charge in [0.25, 0.3) is 0 Å². The van der Waals surface area contributed by atoms with Crippen molar-refractivity contribution >= 4 is 41.4 Å². The highest BCUT2D eigenvalue weighted by atomic mass is 16.5. The smallest absolute Gasteiger partial charge is 0.317 e. The van der Waals surface area contributed by atoms with E-state index in [9.17, 15) is 33.6 Å². The van der Waals surface area contributed by atoms with Gasteiger partial charge in [0, 0.05) is 19.4 Å². The quantitative estimate of drug-likeness (QED) is 0.0607. The minimum Gasteiger partial charge on any atom is -0.480 e. The molecule has 39 heavy (non-hydrogen) atoms. The summed E-state index contributed by atoms with van der Waals surface area (Å²) in [6, 6.07) is 7.70. The maximum Gasteiger partial charge on any atom is 0.317 e. The van der Waals surface area contributed by atoms with Gasteiger partial charge in [0.05, 0.1) is 26.2 Å². The van der Waals surface area contributed by atoms with Crippen molar-refractivity contribution in [1.29, 1.82) is 0 Å². The predicted molar refractivity (Wildman–Crippen MR) is 134 cm³/mol. The van der Waals surface area contributed by atoms with Gasteiger partial charge in [-0.05, 0) is 5.56 Å². The molecular weight excluding hydrogens is 518 g/mol. The number of primary amides is 1. The minimum atomic E-state index is -1.08. The first-order valence-electron chi connectivity index (χ1n) is 11.8. The van der Waals surface area contributed by atoms with Gasteiger partial charge in [0.1, 0.15) is 19.4 Å². The summed E-state index contributed by atoms with van der Waals surface area (Å²) >= 11 is 0. The fourth-order valence-corrected chi connectivity index (χ4v) is 2.85. The number of nitrogens with two attached hydrogens (primary N) is 1. The number of amides is 6. The Morgan fingerprint density at radius 1 is 0.795 bits per heavy atom. The number of aliphatic carboxylic acids is 1. The van der Waals surface area contributed by atoms with Crippen molar-refractivity contribution in [2.24, 2.45) is 5.73 Å². The van der Waals surface area contributed by atoms with Crippen molar-refractivity contribution in [3.63, 3.8) is 0 Å². The van der Waals surface area contributed by atoms with Crippen molar-refractivity contribution in [1.82, 2.24) is 31.9 Å². The molecule has 16 heteroatoms. The van der Waals surface area contributed by atoms with Gasteiger partial charge in [0.15, 0.2) is 0 Å². The number of hydrogen-bond acceptors (Lipinski definition) is 9. The van der Waals surface area contributed by atoms with Crippen LogP contribution in [0.5, 0.6) is 0 Å². The van der Waals surface area contributed by atoms with Crippen LogP contribution >= 0.6 is 0 Å². The van der Waals surface area contributed by atoms with Gasteiger partial charge in [0.2, 0.25) is 35.4 Å². The lowest BCUT2D eigenvalue weighted by Gasteiger charge is -2.19. The summed E-state index contributed by atoms with van der Waals surface area (Å²) in [7, 11) is 0. The third-order valence-electron chi connectivity index (χ3n) is 4.67. The summed E-state index contributed by atoms with van der Waals surface area (Å²) in [5.41, 5.74) is 5.64. The molecule has 0 aliphatic rings. The van der Waals surface area contributed by atoms with Gasteiger partial charge in [-0.3, -0.25) is 33.6 Å². The van der Waals surface area contributed by atoms with Crippen LogP contribution in [0.2, 0.25) is 0 Å². The Bertz CT molecular complexity index is 1000. The Labute approximate surface area is 223 Å². The minimum absolute atomic E-state index is 0.0459. The average molecular weight is 552 g/mol. The lowest BCUT2D eigenvalue weighted by atomic mass is 10.1. The number of carbonyl (C=O) groups is 7. The van der Waals surface area contributed by atoms with Crippen LogP contribution in [0.3, 0.4) is 0 Å². The molecule has 0 aliphatic carbocycles. The van der Waals surface area contributed by atoms with Crippen LogP contribution in [0.25, 0.3) is 0 Å².